The van der Waals surface area contributed by atoms with Crippen LogP contribution in [0.25, 0.3) is 0 Å². The number of nitrogens with zero attached hydrogens (tertiary/aromatic N) is 1. The molecule has 64 valence electrons. The van der Waals surface area contributed by atoms with Crippen molar-refractivity contribution in [3.8, 4) is 6.07 Å². The quantitative estimate of drug-likeness (QED) is 0.598. The summed E-state index contributed by atoms with van der Waals surface area (Å²) in [5.74, 6) is 0.295. The van der Waals surface area contributed by atoms with Crippen LogP contribution in [-0.2, 0) is 6.42 Å². The Labute approximate surface area is 76.8 Å². The van der Waals surface area contributed by atoms with Gasteiger partial charge in [-0.1, -0.05) is 6.92 Å². The summed E-state index contributed by atoms with van der Waals surface area (Å²) in [5.41, 5.74) is 2.46. The van der Waals surface area contributed by atoms with Crippen molar-refractivity contribution in [1.82, 2.24) is 0 Å². The van der Waals surface area contributed by atoms with Crippen molar-refractivity contribution in [2.45, 2.75) is 13.3 Å². The largest absolute Gasteiger partial charge is 0.294 e. The second-order valence-electron chi connectivity index (χ2n) is 3.45. The number of hydrogen-bond donors (Lipinski definition) is 0. The number of nitriles is 1. The monoisotopic (exact) mass is 171 g/mol. The van der Waals surface area contributed by atoms with Crippen molar-refractivity contribution in [3.63, 3.8) is 0 Å². The Kier molecular flexibility index (Phi) is 1.66. The van der Waals surface area contributed by atoms with Crippen LogP contribution in [0.15, 0.2) is 18.2 Å². The predicted octanol–water partition coefficient (Wildman–Crippen LogP) is 1.93. The average molecular weight is 171 g/mol. The van der Waals surface area contributed by atoms with Crippen LogP contribution in [0.5, 0.6) is 0 Å². The fraction of sp³-hybridized carbons (Fsp3) is 0.273. The van der Waals surface area contributed by atoms with E-state index in [1.54, 1.807) is 12.1 Å². The lowest BCUT2D eigenvalue weighted by Gasteiger charge is -1.95. The highest BCUT2D eigenvalue weighted by molar-refractivity contribution is 6.02. The van der Waals surface area contributed by atoms with Crippen LogP contribution in [0.3, 0.4) is 0 Å². The van der Waals surface area contributed by atoms with Crippen LogP contribution >= 0.6 is 0 Å². The third kappa shape index (κ3) is 1.13. The summed E-state index contributed by atoms with van der Waals surface area (Å²) in [6, 6.07) is 7.36. The summed E-state index contributed by atoms with van der Waals surface area (Å²) in [6.07, 6.45) is 0.781. The molecule has 1 aromatic carbocycles. The maximum Gasteiger partial charge on any atom is 0.166 e. The molecule has 1 aliphatic rings. The number of benzene rings is 1. The van der Waals surface area contributed by atoms with Crippen LogP contribution in [-0.4, -0.2) is 5.78 Å². The lowest BCUT2D eigenvalue weighted by atomic mass is 10.1. The molecule has 2 heteroatoms. The molecule has 1 aliphatic carbocycles. The van der Waals surface area contributed by atoms with Crippen LogP contribution < -0.4 is 0 Å². The molecule has 0 aliphatic heterocycles. The van der Waals surface area contributed by atoms with E-state index in [2.05, 4.69) is 6.07 Å². The number of ketones is 1. The van der Waals surface area contributed by atoms with Gasteiger partial charge in [-0.05, 0) is 30.2 Å². The van der Waals surface area contributed by atoms with Crippen LogP contribution in [0.1, 0.15) is 28.4 Å². The zero-order chi connectivity index (χ0) is 9.42. The Hall–Kier alpha value is -1.62. The highest BCUT2D eigenvalue weighted by Gasteiger charge is 2.26. The Balaban J connectivity index is 2.54. The predicted molar refractivity (Wildman–Crippen MR) is 48.4 cm³/mol. The molecular weight excluding hydrogens is 162 g/mol. The van der Waals surface area contributed by atoms with Gasteiger partial charge in [0.15, 0.2) is 5.78 Å². The molecule has 1 aromatic rings. The van der Waals surface area contributed by atoms with Crippen molar-refractivity contribution in [2.24, 2.45) is 5.92 Å². The molecule has 1 atom stereocenters. The number of rotatable bonds is 0. The van der Waals surface area contributed by atoms with Gasteiger partial charge in [-0.15, -0.1) is 0 Å². The van der Waals surface area contributed by atoms with Gasteiger partial charge in [-0.25, -0.2) is 0 Å². The molecule has 0 radical (unpaired) electrons. The first-order valence-corrected chi connectivity index (χ1v) is 4.29. The highest BCUT2D eigenvalue weighted by atomic mass is 16.1. The first kappa shape index (κ1) is 8.00. The number of fused-ring (bicyclic) bond motifs is 1. The van der Waals surface area contributed by atoms with Gasteiger partial charge in [0.2, 0.25) is 0 Å². The zero-order valence-electron chi connectivity index (χ0n) is 7.37. The van der Waals surface area contributed by atoms with E-state index in [9.17, 15) is 4.79 Å². The van der Waals surface area contributed by atoms with E-state index in [0.717, 1.165) is 17.5 Å². The zero-order valence-corrected chi connectivity index (χ0v) is 7.37. The second kappa shape index (κ2) is 2.70. The summed E-state index contributed by atoms with van der Waals surface area (Å²) in [7, 11) is 0. The van der Waals surface area contributed by atoms with Crippen molar-refractivity contribution in [2.75, 3.05) is 0 Å². The van der Waals surface area contributed by atoms with E-state index in [4.69, 9.17) is 5.26 Å². The topological polar surface area (TPSA) is 40.9 Å². The Morgan fingerprint density at radius 2 is 2.31 bits per heavy atom. The molecule has 0 spiro atoms. The van der Waals surface area contributed by atoms with Gasteiger partial charge in [0.1, 0.15) is 0 Å². The molecule has 13 heavy (non-hydrogen) atoms. The number of carbonyl (C=O) groups excluding carboxylic acids is 1. The van der Waals surface area contributed by atoms with E-state index < -0.39 is 0 Å². The summed E-state index contributed by atoms with van der Waals surface area (Å²) in [4.78, 5) is 11.5. The minimum Gasteiger partial charge on any atom is -0.294 e. The smallest absolute Gasteiger partial charge is 0.166 e. The second-order valence-corrected chi connectivity index (χ2v) is 3.45. The maximum atomic E-state index is 11.5. The summed E-state index contributed by atoms with van der Waals surface area (Å²) in [5, 5.41) is 8.67. The van der Waals surface area contributed by atoms with E-state index in [1.165, 1.54) is 0 Å². The molecule has 0 N–H and O–H groups in total. The molecule has 1 unspecified atom stereocenters. The standard InChI is InChI=1S/C11H9NO/c1-7-4-9-5-8(6-12)2-3-10(9)11(7)13/h2-3,5,7H,4H2,1H3. The molecular formula is C11H9NO. The molecule has 0 aromatic heterocycles. The van der Waals surface area contributed by atoms with Gasteiger partial charge in [-0.3, -0.25) is 4.79 Å². The molecule has 2 rings (SSSR count). The number of carbonyl (C=O) groups is 1. The molecule has 0 saturated heterocycles. The summed E-state index contributed by atoms with van der Waals surface area (Å²) in [6.45, 7) is 1.92. The minimum absolute atomic E-state index is 0.0870. The third-order valence-corrected chi connectivity index (χ3v) is 2.47. The van der Waals surface area contributed by atoms with Crippen LogP contribution in [0, 0.1) is 17.2 Å². The SMILES string of the molecule is CC1Cc2cc(C#N)ccc2C1=O. The lowest BCUT2D eigenvalue weighted by Crippen LogP contribution is -2.02. The fourth-order valence-electron chi connectivity index (χ4n) is 1.76. The highest BCUT2D eigenvalue weighted by Crippen LogP contribution is 2.26. The van der Waals surface area contributed by atoms with E-state index in [1.807, 2.05) is 13.0 Å². The lowest BCUT2D eigenvalue weighted by molar-refractivity contribution is 0.0946. The van der Waals surface area contributed by atoms with Gasteiger partial charge in [0.05, 0.1) is 11.6 Å². The molecule has 0 heterocycles. The first-order chi connectivity index (χ1) is 6.22. The van der Waals surface area contributed by atoms with Crippen LogP contribution in [0.4, 0.5) is 0 Å². The Morgan fingerprint density at radius 1 is 1.54 bits per heavy atom. The Morgan fingerprint density at radius 3 is 3.00 bits per heavy atom. The summed E-state index contributed by atoms with van der Waals surface area (Å²) < 4.78 is 0. The number of hydrogen-bond acceptors (Lipinski definition) is 2. The van der Waals surface area contributed by atoms with E-state index in [0.29, 0.717) is 5.56 Å². The van der Waals surface area contributed by atoms with Crippen molar-refractivity contribution >= 4 is 5.78 Å². The molecule has 0 fully saturated rings. The first-order valence-electron chi connectivity index (χ1n) is 4.29. The van der Waals surface area contributed by atoms with Gasteiger partial charge in [0, 0.05) is 11.5 Å². The van der Waals surface area contributed by atoms with Gasteiger partial charge < -0.3 is 0 Å². The van der Waals surface area contributed by atoms with Gasteiger partial charge in [-0.2, -0.15) is 5.26 Å². The van der Waals surface area contributed by atoms with Crippen LogP contribution in [0.2, 0.25) is 0 Å². The van der Waals surface area contributed by atoms with E-state index >= 15 is 0 Å². The summed E-state index contributed by atoms with van der Waals surface area (Å²) >= 11 is 0. The number of Topliss-reactive ketones (excluding diaryl/α,β-unsaturated/α-hetero) is 1. The maximum absolute atomic E-state index is 11.5. The minimum atomic E-state index is 0.0870. The van der Waals surface area contributed by atoms with Gasteiger partial charge >= 0.3 is 0 Å². The van der Waals surface area contributed by atoms with Gasteiger partial charge in [0.25, 0.3) is 0 Å². The molecule has 0 saturated carbocycles. The van der Waals surface area contributed by atoms with Crippen molar-refractivity contribution < 1.29 is 4.79 Å². The van der Waals surface area contributed by atoms with E-state index in [-0.39, 0.29) is 11.7 Å². The fourth-order valence-corrected chi connectivity index (χ4v) is 1.76. The normalized spacial score (nSPS) is 19.7. The average Bonchev–Trinajstić information content (AvgIpc) is 2.42. The van der Waals surface area contributed by atoms with Crippen molar-refractivity contribution in [3.05, 3.63) is 34.9 Å². The third-order valence-electron chi connectivity index (χ3n) is 2.47. The molecule has 0 amide bonds. The van der Waals surface area contributed by atoms with Crippen molar-refractivity contribution in [1.29, 1.82) is 5.26 Å². The molecule has 2 nitrogen and oxygen atoms in total. The molecule has 0 bridgehead atoms. The Bertz CT molecular complexity index is 415.